The van der Waals surface area contributed by atoms with E-state index in [0.29, 0.717) is 6.61 Å². The molecule has 1 rings (SSSR count). The molecule has 1 aliphatic rings. The van der Waals surface area contributed by atoms with Gasteiger partial charge in [0.2, 0.25) is 0 Å². The Morgan fingerprint density at radius 2 is 2.25 bits per heavy atom. The first-order valence-corrected chi connectivity index (χ1v) is 3.36. The third-order valence-corrected chi connectivity index (χ3v) is 1.69. The predicted octanol–water partition coefficient (Wildman–Crippen LogP) is 0.380. The van der Waals surface area contributed by atoms with Crippen LogP contribution in [0.2, 0.25) is 0 Å². The molecule has 2 nitrogen and oxygen atoms in total. The van der Waals surface area contributed by atoms with Gasteiger partial charge in [0.25, 0.3) is 0 Å². The molecule has 1 heterocycles. The predicted molar refractivity (Wildman–Crippen MR) is 35.9 cm³/mol. The van der Waals surface area contributed by atoms with Gasteiger partial charge in [0.1, 0.15) is 5.44 Å². The van der Waals surface area contributed by atoms with Crippen molar-refractivity contribution in [3.63, 3.8) is 0 Å². The lowest BCUT2D eigenvalue weighted by atomic mass is 10.1. The van der Waals surface area contributed by atoms with Gasteiger partial charge in [0, 0.05) is 6.04 Å². The monoisotopic (exact) mass is 133 g/mol. The van der Waals surface area contributed by atoms with Gasteiger partial charge < -0.3 is 10.5 Å². The minimum Gasteiger partial charge on any atom is -0.366 e. The molecular formula is C5H11NOS. The number of hydrogen-bond donors (Lipinski definition) is 2. The average Bonchev–Trinajstić information content (AvgIpc) is 1.77. The molecule has 2 atom stereocenters. The zero-order valence-corrected chi connectivity index (χ0v) is 5.60. The Hall–Kier alpha value is 0.270. The summed E-state index contributed by atoms with van der Waals surface area (Å²) in [6.45, 7) is 0.675. The molecule has 1 aliphatic heterocycles. The van der Waals surface area contributed by atoms with Crippen molar-refractivity contribution in [2.45, 2.75) is 24.3 Å². The molecule has 1 saturated heterocycles. The van der Waals surface area contributed by atoms with Crippen LogP contribution in [-0.2, 0) is 4.74 Å². The zero-order valence-electron chi connectivity index (χ0n) is 4.71. The lowest BCUT2D eigenvalue weighted by molar-refractivity contribution is 0.0606. The van der Waals surface area contributed by atoms with Crippen LogP contribution in [0.1, 0.15) is 12.8 Å². The maximum Gasteiger partial charge on any atom is 0.100 e. The van der Waals surface area contributed by atoms with Crippen LogP contribution < -0.4 is 5.73 Å². The van der Waals surface area contributed by atoms with Crippen LogP contribution in [0.4, 0.5) is 0 Å². The van der Waals surface area contributed by atoms with E-state index in [1.807, 2.05) is 0 Å². The Morgan fingerprint density at radius 3 is 2.62 bits per heavy atom. The van der Waals surface area contributed by atoms with Gasteiger partial charge in [0.05, 0.1) is 6.61 Å². The van der Waals surface area contributed by atoms with Crippen LogP contribution >= 0.6 is 12.6 Å². The highest BCUT2D eigenvalue weighted by atomic mass is 32.1. The molecule has 1 fully saturated rings. The molecule has 0 aliphatic carbocycles. The number of hydrogen-bond acceptors (Lipinski definition) is 3. The standard InChI is InChI=1S/C5H11NOS/c6-4-1-2-5(8)7-3-4/h4-5,8H,1-3,6H2/t4-,5-/m1/s1. The zero-order chi connectivity index (χ0) is 5.98. The summed E-state index contributed by atoms with van der Waals surface area (Å²) in [5.41, 5.74) is 5.67. The fourth-order valence-corrected chi connectivity index (χ4v) is 0.993. The van der Waals surface area contributed by atoms with Crippen molar-refractivity contribution in [1.29, 1.82) is 0 Å². The summed E-state index contributed by atoms with van der Waals surface area (Å²) in [6.07, 6.45) is 2.04. The molecular weight excluding hydrogens is 122 g/mol. The maximum absolute atomic E-state index is 5.54. The quantitative estimate of drug-likeness (QED) is 0.469. The van der Waals surface area contributed by atoms with Gasteiger partial charge in [-0.3, -0.25) is 0 Å². The molecule has 8 heavy (non-hydrogen) atoms. The van der Waals surface area contributed by atoms with Crippen LogP contribution in [0.25, 0.3) is 0 Å². The van der Waals surface area contributed by atoms with Crippen LogP contribution in [0.5, 0.6) is 0 Å². The first kappa shape index (κ1) is 6.39. The lowest BCUT2D eigenvalue weighted by Gasteiger charge is -2.22. The van der Waals surface area contributed by atoms with Crippen molar-refractivity contribution < 1.29 is 4.74 Å². The summed E-state index contributed by atoms with van der Waals surface area (Å²) in [7, 11) is 0. The number of thiol groups is 1. The first-order chi connectivity index (χ1) is 3.79. The highest BCUT2D eigenvalue weighted by Crippen LogP contribution is 2.13. The molecule has 3 heteroatoms. The molecule has 0 bridgehead atoms. The van der Waals surface area contributed by atoms with E-state index in [2.05, 4.69) is 12.6 Å². The Balaban J connectivity index is 2.19. The van der Waals surface area contributed by atoms with Crippen molar-refractivity contribution in [2.24, 2.45) is 5.73 Å². The van der Waals surface area contributed by atoms with E-state index in [1.54, 1.807) is 0 Å². The van der Waals surface area contributed by atoms with E-state index >= 15 is 0 Å². The third-order valence-electron chi connectivity index (χ3n) is 1.29. The highest BCUT2D eigenvalue weighted by Gasteiger charge is 2.14. The Bertz CT molecular complexity index is 60.8. The molecule has 0 spiro atoms. The number of rotatable bonds is 0. The maximum atomic E-state index is 5.54. The van der Waals surface area contributed by atoms with E-state index < -0.39 is 0 Å². The minimum atomic E-state index is 0.134. The molecule has 0 radical (unpaired) electrons. The van der Waals surface area contributed by atoms with Crippen LogP contribution in [0.15, 0.2) is 0 Å². The smallest absolute Gasteiger partial charge is 0.100 e. The van der Waals surface area contributed by atoms with Crippen molar-refractivity contribution >= 4 is 12.6 Å². The normalized spacial score (nSPS) is 39.8. The Kier molecular flexibility index (Phi) is 2.16. The highest BCUT2D eigenvalue weighted by molar-refractivity contribution is 7.80. The van der Waals surface area contributed by atoms with Crippen LogP contribution in [0.3, 0.4) is 0 Å². The van der Waals surface area contributed by atoms with Crippen molar-refractivity contribution in [3.8, 4) is 0 Å². The number of ether oxygens (including phenoxy) is 1. The molecule has 2 N–H and O–H groups in total. The topological polar surface area (TPSA) is 35.2 Å². The number of nitrogens with two attached hydrogens (primary N) is 1. The fraction of sp³-hybridized carbons (Fsp3) is 1.00. The van der Waals surface area contributed by atoms with Gasteiger partial charge in [-0.25, -0.2) is 0 Å². The molecule has 0 aromatic carbocycles. The Morgan fingerprint density at radius 1 is 1.50 bits per heavy atom. The van der Waals surface area contributed by atoms with Crippen molar-refractivity contribution in [3.05, 3.63) is 0 Å². The molecule has 0 amide bonds. The largest absolute Gasteiger partial charge is 0.366 e. The minimum absolute atomic E-state index is 0.134. The SMILES string of the molecule is N[C@@H]1CC[C@@H](S)OC1. The second-order valence-corrected chi connectivity index (χ2v) is 2.70. The average molecular weight is 133 g/mol. The van der Waals surface area contributed by atoms with Crippen LogP contribution in [0, 0.1) is 0 Å². The van der Waals surface area contributed by atoms with Crippen molar-refractivity contribution in [2.75, 3.05) is 6.61 Å². The van der Waals surface area contributed by atoms with Gasteiger partial charge in [-0.05, 0) is 12.8 Å². The van der Waals surface area contributed by atoms with E-state index in [-0.39, 0.29) is 11.5 Å². The summed E-state index contributed by atoms with van der Waals surface area (Å²) < 4.78 is 5.13. The van der Waals surface area contributed by atoms with Gasteiger partial charge >= 0.3 is 0 Å². The summed E-state index contributed by atoms with van der Waals surface area (Å²) in [5, 5.41) is 0. The van der Waals surface area contributed by atoms with E-state index in [1.165, 1.54) is 0 Å². The summed E-state index contributed by atoms with van der Waals surface area (Å²) in [5.74, 6) is 0. The second kappa shape index (κ2) is 2.71. The summed E-state index contributed by atoms with van der Waals surface area (Å²) >= 11 is 4.12. The Labute approximate surface area is 54.8 Å². The van der Waals surface area contributed by atoms with Crippen LogP contribution in [-0.4, -0.2) is 18.1 Å². The molecule has 0 unspecified atom stereocenters. The second-order valence-electron chi connectivity index (χ2n) is 2.13. The van der Waals surface area contributed by atoms with Gasteiger partial charge in [-0.2, -0.15) is 0 Å². The molecule has 0 saturated carbocycles. The van der Waals surface area contributed by atoms with E-state index in [9.17, 15) is 0 Å². The fourth-order valence-electron chi connectivity index (χ4n) is 0.758. The first-order valence-electron chi connectivity index (χ1n) is 2.84. The van der Waals surface area contributed by atoms with Gasteiger partial charge in [-0.15, -0.1) is 12.6 Å². The van der Waals surface area contributed by atoms with E-state index in [0.717, 1.165) is 12.8 Å². The van der Waals surface area contributed by atoms with E-state index in [4.69, 9.17) is 10.5 Å². The summed E-state index contributed by atoms with van der Waals surface area (Å²) in [4.78, 5) is 0. The molecule has 0 aromatic heterocycles. The third kappa shape index (κ3) is 1.65. The molecule has 0 aromatic rings. The summed E-state index contributed by atoms with van der Waals surface area (Å²) in [6, 6.07) is 0.249. The van der Waals surface area contributed by atoms with Gasteiger partial charge in [0.15, 0.2) is 0 Å². The molecule has 48 valence electrons. The van der Waals surface area contributed by atoms with Crippen molar-refractivity contribution in [1.82, 2.24) is 0 Å². The van der Waals surface area contributed by atoms with Gasteiger partial charge in [-0.1, -0.05) is 0 Å². The lowest BCUT2D eigenvalue weighted by Crippen LogP contribution is -2.33.